The first-order chi connectivity index (χ1) is 8.72. The molecule has 0 atom stereocenters. The average molecular weight is 257 g/mol. The minimum atomic E-state index is 0.523. The number of nitrogens with one attached hydrogen (secondary N) is 2. The van der Waals surface area contributed by atoms with Crippen molar-refractivity contribution in [2.75, 3.05) is 40.4 Å². The van der Waals surface area contributed by atoms with Gasteiger partial charge < -0.3 is 15.0 Å². The predicted molar refractivity (Wildman–Crippen MR) is 74.4 cm³/mol. The van der Waals surface area contributed by atoms with Crippen molar-refractivity contribution < 1.29 is 4.74 Å². The van der Waals surface area contributed by atoms with E-state index < -0.39 is 0 Å². The van der Waals surface area contributed by atoms with E-state index in [1.165, 1.54) is 25.7 Å². The molecular formula is C12H27N5O. The van der Waals surface area contributed by atoms with Crippen molar-refractivity contribution in [3.63, 3.8) is 0 Å². The van der Waals surface area contributed by atoms with Gasteiger partial charge in [0, 0.05) is 12.6 Å². The van der Waals surface area contributed by atoms with E-state index >= 15 is 0 Å². The van der Waals surface area contributed by atoms with E-state index in [1.54, 1.807) is 0 Å². The van der Waals surface area contributed by atoms with Crippen molar-refractivity contribution in [1.82, 2.24) is 15.6 Å². The maximum atomic E-state index is 5.46. The lowest BCUT2D eigenvalue weighted by Gasteiger charge is -2.15. The Labute approximate surface area is 110 Å². The average Bonchev–Trinajstić information content (AvgIpc) is 2.84. The molecule has 1 aliphatic carbocycles. The zero-order chi connectivity index (χ0) is 13.2. The van der Waals surface area contributed by atoms with Crippen LogP contribution in [-0.2, 0) is 4.74 Å². The molecule has 0 aliphatic heterocycles. The van der Waals surface area contributed by atoms with Crippen LogP contribution in [-0.4, -0.2) is 57.3 Å². The third-order valence-corrected chi connectivity index (χ3v) is 3.02. The van der Waals surface area contributed by atoms with Gasteiger partial charge in [-0.2, -0.15) is 0 Å². The molecule has 0 bridgehead atoms. The molecule has 6 nitrogen and oxygen atoms in total. The molecule has 0 unspecified atom stereocenters. The number of guanidine groups is 1. The van der Waals surface area contributed by atoms with Crippen molar-refractivity contribution in [1.29, 1.82) is 0 Å². The second-order valence-electron chi connectivity index (χ2n) is 4.92. The van der Waals surface area contributed by atoms with Gasteiger partial charge in [-0.1, -0.05) is 12.8 Å². The summed E-state index contributed by atoms with van der Waals surface area (Å²) in [6.07, 6.45) is 5.01. The first-order valence-corrected chi connectivity index (χ1v) is 6.72. The van der Waals surface area contributed by atoms with E-state index in [1.807, 2.05) is 14.1 Å². The topological polar surface area (TPSA) is 74.9 Å². The molecule has 18 heavy (non-hydrogen) atoms. The zero-order valence-corrected chi connectivity index (χ0v) is 11.6. The van der Waals surface area contributed by atoms with Crippen molar-refractivity contribution in [3.8, 4) is 0 Å². The van der Waals surface area contributed by atoms with Crippen LogP contribution in [0.15, 0.2) is 4.99 Å². The van der Waals surface area contributed by atoms with Crippen LogP contribution < -0.4 is 16.6 Å². The SMILES string of the molecule is CN(C)CCOCCN=C(NN)NC1CCCC1. The van der Waals surface area contributed by atoms with Gasteiger partial charge in [-0.05, 0) is 26.9 Å². The van der Waals surface area contributed by atoms with Gasteiger partial charge in [-0.3, -0.25) is 5.43 Å². The highest BCUT2D eigenvalue weighted by Gasteiger charge is 2.15. The van der Waals surface area contributed by atoms with Crippen molar-refractivity contribution in [2.45, 2.75) is 31.7 Å². The zero-order valence-electron chi connectivity index (χ0n) is 11.6. The van der Waals surface area contributed by atoms with Gasteiger partial charge in [0.15, 0.2) is 0 Å². The molecule has 106 valence electrons. The van der Waals surface area contributed by atoms with Crippen LogP contribution in [0.1, 0.15) is 25.7 Å². The van der Waals surface area contributed by atoms with E-state index in [9.17, 15) is 0 Å². The number of hydrazine groups is 1. The molecule has 0 spiro atoms. The summed E-state index contributed by atoms with van der Waals surface area (Å²) < 4.78 is 5.46. The molecule has 4 N–H and O–H groups in total. The Morgan fingerprint density at radius 3 is 2.67 bits per heavy atom. The van der Waals surface area contributed by atoms with Crippen LogP contribution in [0.2, 0.25) is 0 Å². The van der Waals surface area contributed by atoms with Crippen molar-refractivity contribution >= 4 is 5.96 Å². The summed E-state index contributed by atoms with van der Waals surface area (Å²) in [5.74, 6) is 6.12. The number of aliphatic imine (C=N–C) groups is 1. The summed E-state index contributed by atoms with van der Waals surface area (Å²) in [6.45, 7) is 2.94. The lowest BCUT2D eigenvalue weighted by Crippen LogP contribution is -2.45. The fourth-order valence-corrected chi connectivity index (χ4v) is 1.97. The largest absolute Gasteiger partial charge is 0.378 e. The number of nitrogens with two attached hydrogens (primary N) is 1. The fraction of sp³-hybridized carbons (Fsp3) is 0.917. The molecule has 0 aromatic rings. The maximum Gasteiger partial charge on any atom is 0.206 e. The molecular weight excluding hydrogens is 230 g/mol. The van der Waals surface area contributed by atoms with Crippen LogP contribution in [0.4, 0.5) is 0 Å². The molecule has 6 heteroatoms. The molecule has 0 aromatic heterocycles. The summed E-state index contributed by atoms with van der Waals surface area (Å²) in [5.41, 5.74) is 2.61. The van der Waals surface area contributed by atoms with Gasteiger partial charge in [0.25, 0.3) is 0 Å². The van der Waals surface area contributed by atoms with Gasteiger partial charge >= 0.3 is 0 Å². The Morgan fingerprint density at radius 1 is 1.33 bits per heavy atom. The van der Waals surface area contributed by atoms with E-state index in [4.69, 9.17) is 10.6 Å². The number of nitrogens with zero attached hydrogens (tertiary/aromatic N) is 2. The number of rotatable bonds is 7. The molecule has 1 rings (SSSR count). The number of hydrogen-bond acceptors (Lipinski definition) is 4. The highest BCUT2D eigenvalue weighted by Crippen LogP contribution is 2.17. The smallest absolute Gasteiger partial charge is 0.206 e. The third kappa shape index (κ3) is 6.78. The molecule has 0 amide bonds. The van der Waals surface area contributed by atoms with Gasteiger partial charge in [-0.15, -0.1) is 0 Å². The van der Waals surface area contributed by atoms with Crippen LogP contribution in [0, 0.1) is 0 Å². The molecule has 1 saturated carbocycles. The van der Waals surface area contributed by atoms with Gasteiger partial charge in [0.05, 0.1) is 19.8 Å². The van der Waals surface area contributed by atoms with E-state index in [-0.39, 0.29) is 0 Å². The lowest BCUT2D eigenvalue weighted by molar-refractivity contribution is 0.124. The number of ether oxygens (including phenoxy) is 1. The van der Waals surface area contributed by atoms with Gasteiger partial charge in [-0.25, -0.2) is 10.8 Å². The molecule has 1 fully saturated rings. The van der Waals surface area contributed by atoms with E-state index in [2.05, 4.69) is 20.6 Å². The van der Waals surface area contributed by atoms with Crippen LogP contribution in [0.25, 0.3) is 0 Å². The van der Waals surface area contributed by atoms with Crippen LogP contribution >= 0.6 is 0 Å². The molecule has 0 aromatic carbocycles. The second-order valence-corrected chi connectivity index (χ2v) is 4.92. The summed E-state index contributed by atoms with van der Waals surface area (Å²) in [5, 5.41) is 3.32. The normalized spacial score (nSPS) is 17.4. The summed E-state index contributed by atoms with van der Waals surface area (Å²) in [4.78, 5) is 6.45. The quantitative estimate of drug-likeness (QED) is 0.195. The van der Waals surface area contributed by atoms with Gasteiger partial charge in [0.1, 0.15) is 0 Å². The van der Waals surface area contributed by atoms with Crippen molar-refractivity contribution in [3.05, 3.63) is 0 Å². The summed E-state index contributed by atoms with van der Waals surface area (Å²) in [7, 11) is 4.06. The Hall–Kier alpha value is -0.850. The first kappa shape index (κ1) is 15.2. The minimum absolute atomic E-state index is 0.523. The van der Waals surface area contributed by atoms with E-state index in [0.717, 1.165) is 13.2 Å². The molecule has 1 aliphatic rings. The highest BCUT2D eigenvalue weighted by atomic mass is 16.5. The van der Waals surface area contributed by atoms with Gasteiger partial charge in [0.2, 0.25) is 5.96 Å². The first-order valence-electron chi connectivity index (χ1n) is 6.72. The Kier molecular flexibility index (Phi) is 7.71. The molecule has 0 radical (unpaired) electrons. The lowest BCUT2D eigenvalue weighted by atomic mass is 10.2. The molecule has 0 heterocycles. The third-order valence-electron chi connectivity index (χ3n) is 3.02. The maximum absolute atomic E-state index is 5.46. The standard InChI is InChI=1S/C12H27N5O/c1-17(2)8-10-18-9-7-14-12(16-13)15-11-5-3-4-6-11/h11H,3-10,13H2,1-2H3,(H2,14,15,16). The predicted octanol–water partition coefficient (Wildman–Crippen LogP) is -0.0839. The summed E-state index contributed by atoms with van der Waals surface area (Å²) in [6, 6.07) is 0.523. The molecule has 0 saturated heterocycles. The van der Waals surface area contributed by atoms with Crippen LogP contribution in [0.3, 0.4) is 0 Å². The highest BCUT2D eigenvalue weighted by molar-refractivity contribution is 5.79. The van der Waals surface area contributed by atoms with Crippen molar-refractivity contribution in [2.24, 2.45) is 10.8 Å². The van der Waals surface area contributed by atoms with E-state index in [0.29, 0.717) is 25.2 Å². The minimum Gasteiger partial charge on any atom is -0.378 e. The monoisotopic (exact) mass is 257 g/mol. The summed E-state index contributed by atoms with van der Waals surface area (Å²) >= 11 is 0. The Balaban J connectivity index is 2.09. The number of likely N-dealkylation sites (N-methyl/N-ethyl adjacent to an activating group) is 1. The number of hydrogen-bond donors (Lipinski definition) is 3. The fourth-order valence-electron chi connectivity index (χ4n) is 1.97. The second kappa shape index (κ2) is 9.13. The van der Waals surface area contributed by atoms with Crippen LogP contribution in [0.5, 0.6) is 0 Å². The Morgan fingerprint density at radius 2 is 2.06 bits per heavy atom. The Bertz CT molecular complexity index is 239.